The average molecular weight is 367 g/mol. The van der Waals surface area contributed by atoms with Crippen LogP contribution in [0.4, 0.5) is 0 Å². The maximum absolute atomic E-state index is 2.48. The number of hydrogen-bond acceptors (Lipinski definition) is 0. The summed E-state index contributed by atoms with van der Waals surface area (Å²) in [4.78, 5) is 7.44. The fourth-order valence-corrected chi connectivity index (χ4v) is 7.23. The molecule has 0 saturated carbocycles. The van der Waals surface area contributed by atoms with E-state index in [-0.39, 0.29) is 0 Å². The van der Waals surface area contributed by atoms with Crippen LogP contribution in [0, 0.1) is 0 Å². The Balaban J connectivity index is 2.47. The van der Waals surface area contributed by atoms with Crippen molar-refractivity contribution in [1.29, 1.82) is 0 Å². The van der Waals surface area contributed by atoms with E-state index >= 15 is 0 Å². The molecule has 4 aliphatic carbocycles. The van der Waals surface area contributed by atoms with Crippen molar-refractivity contribution in [3.05, 3.63) is 69.4 Å². The van der Waals surface area contributed by atoms with Gasteiger partial charge >= 0.3 is 124 Å². The summed E-state index contributed by atoms with van der Waals surface area (Å²) in [7, 11) is 0. The standard InChI is InChI=1S/C16H11.3CH3.Sn/c1-2-14-4-3-13(1)9-10-15-5-7-16(8-6-15)12-11-14;;;;/h1-11H;3*1H3;. The van der Waals surface area contributed by atoms with E-state index in [4.69, 9.17) is 0 Å². The molecule has 20 heavy (non-hydrogen) atoms. The average Bonchev–Trinajstić information content (AvgIpc) is 2.41. The number of hydrogen-bond donors (Lipinski definition) is 0. The van der Waals surface area contributed by atoms with E-state index in [2.05, 4.69) is 81.6 Å². The molecule has 2 aromatic rings. The first-order chi connectivity index (χ1) is 9.52. The molecule has 0 heterocycles. The van der Waals surface area contributed by atoms with Crippen LogP contribution in [0.25, 0.3) is 21.8 Å². The predicted octanol–water partition coefficient (Wildman–Crippen LogP) is 1.77. The molecule has 0 nitrogen and oxygen atoms in total. The van der Waals surface area contributed by atoms with Crippen LogP contribution in [0.15, 0.2) is 48.5 Å². The molecule has 4 bridgehead atoms. The zero-order valence-electron chi connectivity index (χ0n) is 12.4. The molecular formula is C19H20Sn. The van der Waals surface area contributed by atoms with Crippen molar-refractivity contribution in [1.82, 2.24) is 0 Å². The van der Waals surface area contributed by atoms with Crippen LogP contribution >= 0.6 is 0 Å². The molecule has 6 rings (SSSR count). The molecule has 0 atom stereocenters. The summed E-state index contributed by atoms with van der Waals surface area (Å²) in [6.45, 7) is 0. The maximum atomic E-state index is 2.48. The molecule has 0 amide bonds. The molecular weight excluding hydrogens is 347 g/mol. The van der Waals surface area contributed by atoms with E-state index in [1.165, 1.54) is 20.9 Å². The van der Waals surface area contributed by atoms with Crippen molar-refractivity contribution in [2.45, 2.75) is 14.8 Å². The second-order valence-corrected chi connectivity index (χ2v) is 20.8. The summed E-state index contributed by atoms with van der Waals surface area (Å²) in [5, 5.41) is 5.23. The van der Waals surface area contributed by atoms with Gasteiger partial charge in [0.2, 0.25) is 0 Å². The Bertz CT molecular complexity index is 834. The van der Waals surface area contributed by atoms with Crippen LogP contribution in [0.2, 0.25) is 14.8 Å². The Morgan fingerprint density at radius 2 is 1.05 bits per heavy atom. The van der Waals surface area contributed by atoms with Gasteiger partial charge in [-0.25, -0.2) is 0 Å². The van der Waals surface area contributed by atoms with Crippen molar-refractivity contribution in [3.8, 4) is 0 Å². The summed E-state index contributed by atoms with van der Waals surface area (Å²) >= 11 is -2.15. The van der Waals surface area contributed by atoms with E-state index in [0.29, 0.717) is 0 Å². The van der Waals surface area contributed by atoms with Crippen LogP contribution in [-0.2, 0) is 0 Å². The van der Waals surface area contributed by atoms with Crippen LogP contribution in [0.3, 0.4) is 0 Å². The predicted molar refractivity (Wildman–Crippen MR) is 91.5 cm³/mol. The van der Waals surface area contributed by atoms with Gasteiger partial charge in [0.05, 0.1) is 0 Å². The van der Waals surface area contributed by atoms with Gasteiger partial charge in [-0.15, -0.1) is 0 Å². The molecule has 0 spiro atoms. The van der Waals surface area contributed by atoms with Crippen molar-refractivity contribution in [2.75, 3.05) is 0 Å². The van der Waals surface area contributed by atoms with Crippen LogP contribution in [-0.4, -0.2) is 18.4 Å². The first-order valence-corrected chi connectivity index (χ1v) is 17.1. The zero-order chi connectivity index (χ0) is 14.2. The van der Waals surface area contributed by atoms with Crippen molar-refractivity contribution >= 4 is 40.2 Å². The molecule has 100 valence electrons. The summed E-state index contributed by atoms with van der Waals surface area (Å²) in [5.74, 6) is 0. The van der Waals surface area contributed by atoms with Crippen molar-refractivity contribution < 1.29 is 0 Å². The molecule has 1 heteroatoms. The zero-order valence-corrected chi connectivity index (χ0v) is 15.2. The van der Waals surface area contributed by atoms with Gasteiger partial charge in [-0.1, -0.05) is 0 Å². The topological polar surface area (TPSA) is 0 Å². The van der Waals surface area contributed by atoms with Crippen LogP contribution < -0.4 is 20.9 Å². The Labute approximate surface area is 124 Å². The Kier molecular flexibility index (Phi) is 3.59. The first-order valence-electron chi connectivity index (χ1n) is 7.13. The van der Waals surface area contributed by atoms with Gasteiger partial charge in [-0.05, 0) is 0 Å². The third kappa shape index (κ3) is 2.90. The molecule has 0 aliphatic heterocycles. The summed E-state index contributed by atoms with van der Waals surface area (Å²) < 4.78 is 1.59. The minimum absolute atomic E-state index is 1.26. The van der Waals surface area contributed by atoms with Crippen LogP contribution in [0.1, 0.15) is 0 Å². The normalized spacial score (nSPS) is 13.8. The monoisotopic (exact) mass is 368 g/mol. The second-order valence-electron chi connectivity index (χ2n) is 6.43. The van der Waals surface area contributed by atoms with E-state index in [1.54, 1.807) is 3.59 Å². The number of rotatable bonds is 1. The van der Waals surface area contributed by atoms with Crippen LogP contribution in [0.5, 0.6) is 0 Å². The van der Waals surface area contributed by atoms with E-state index in [0.717, 1.165) is 0 Å². The second kappa shape index (κ2) is 5.25. The molecule has 0 fully saturated rings. The minimum atomic E-state index is -2.15. The molecule has 0 saturated heterocycles. The Morgan fingerprint density at radius 3 is 1.55 bits per heavy atom. The summed E-state index contributed by atoms with van der Waals surface area (Å²) in [6, 6.07) is 17.9. The SMILES string of the molecule is [CH3][Sn]([CH3])([CH3])[C]1=c2ccc(cc2)=CC=c2ccc(cc2)=C1. The van der Waals surface area contributed by atoms with Crippen molar-refractivity contribution in [2.24, 2.45) is 0 Å². The quantitative estimate of drug-likeness (QED) is 0.675. The molecule has 2 aromatic carbocycles. The summed E-state index contributed by atoms with van der Waals surface area (Å²) in [5.41, 5.74) is 0. The van der Waals surface area contributed by atoms with Gasteiger partial charge in [0, 0.05) is 0 Å². The van der Waals surface area contributed by atoms with Gasteiger partial charge in [-0.2, -0.15) is 0 Å². The third-order valence-corrected chi connectivity index (χ3v) is 9.59. The summed E-state index contributed by atoms with van der Waals surface area (Å²) in [6.07, 6.45) is 6.76. The van der Waals surface area contributed by atoms with Gasteiger partial charge in [0.25, 0.3) is 0 Å². The Morgan fingerprint density at radius 1 is 0.600 bits per heavy atom. The van der Waals surface area contributed by atoms with Crippen molar-refractivity contribution in [3.63, 3.8) is 0 Å². The fraction of sp³-hybridized carbons (Fsp3) is 0.158. The Hall–Kier alpha value is -1.28. The van der Waals surface area contributed by atoms with Gasteiger partial charge in [-0.3, -0.25) is 0 Å². The molecule has 4 aliphatic rings. The van der Waals surface area contributed by atoms with Gasteiger partial charge in [0.15, 0.2) is 0 Å². The first kappa shape index (κ1) is 13.7. The molecule has 0 unspecified atom stereocenters. The van der Waals surface area contributed by atoms with E-state index < -0.39 is 18.4 Å². The van der Waals surface area contributed by atoms with E-state index in [1.807, 2.05) is 0 Å². The van der Waals surface area contributed by atoms with Gasteiger partial charge < -0.3 is 0 Å². The molecule has 0 N–H and O–H groups in total. The van der Waals surface area contributed by atoms with E-state index in [9.17, 15) is 0 Å². The number of benzene rings is 2. The molecule has 0 radical (unpaired) electrons. The fourth-order valence-electron chi connectivity index (χ4n) is 2.57. The van der Waals surface area contributed by atoms with Gasteiger partial charge in [0.1, 0.15) is 0 Å². The third-order valence-electron chi connectivity index (χ3n) is 3.75. The molecule has 0 aromatic heterocycles.